The molecule has 96 valence electrons. The van der Waals surface area contributed by atoms with E-state index in [0.29, 0.717) is 0 Å². The Morgan fingerprint density at radius 2 is 1.82 bits per heavy atom. The third kappa shape index (κ3) is 6.29. The molecular weight excluding hydrogens is 235 g/mol. The molecule has 0 aromatic rings. The maximum absolute atomic E-state index is 11.5. The number of hydrogen-bond donors (Lipinski definition) is 2. The van der Waals surface area contributed by atoms with Crippen molar-refractivity contribution in [2.45, 2.75) is 32.7 Å². The molecule has 0 saturated heterocycles. The Bertz CT molecular complexity index is 325. The van der Waals surface area contributed by atoms with Gasteiger partial charge in [0.05, 0.1) is 13.0 Å². The van der Waals surface area contributed by atoms with Crippen LogP contribution in [0.5, 0.6) is 0 Å². The molecule has 0 fully saturated rings. The highest BCUT2D eigenvalue weighted by atomic mass is 16.5. The summed E-state index contributed by atoms with van der Waals surface area (Å²) in [5.74, 6) is -3.27. The number of rotatable bonds is 7. The average Bonchev–Trinajstić information content (AvgIpc) is 2.22. The summed E-state index contributed by atoms with van der Waals surface area (Å²) in [4.78, 5) is 44.0. The number of Topliss-reactive ketones (excluding diaryl/α,β-unsaturated/α-hetero) is 1. The van der Waals surface area contributed by atoms with Gasteiger partial charge >= 0.3 is 11.9 Å². The van der Waals surface area contributed by atoms with Crippen LogP contribution in [0.1, 0.15) is 26.7 Å². The van der Waals surface area contributed by atoms with Crippen molar-refractivity contribution < 1.29 is 29.0 Å². The predicted molar refractivity (Wildman–Crippen MR) is 56.1 cm³/mol. The number of carbonyl (C=O) groups excluding carboxylic acids is 3. The summed E-state index contributed by atoms with van der Waals surface area (Å²) in [5.41, 5.74) is 0. The maximum Gasteiger partial charge on any atom is 0.336 e. The third-order valence-corrected chi connectivity index (χ3v) is 1.78. The molecular formula is C10H15NO6. The molecule has 0 aliphatic rings. The van der Waals surface area contributed by atoms with E-state index in [1.807, 2.05) is 0 Å². The molecule has 7 nitrogen and oxygen atoms in total. The van der Waals surface area contributed by atoms with Crippen LogP contribution in [-0.2, 0) is 23.9 Å². The van der Waals surface area contributed by atoms with E-state index in [0.717, 1.165) is 6.92 Å². The first-order chi connectivity index (χ1) is 7.88. The first kappa shape index (κ1) is 15.1. The summed E-state index contributed by atoms with van der Waals surface area (Å²) in [6.07, 6.45) is -0.729. The van der Waals surface area contributed by atoms with Crippen LogP contribution >= 0.6 is 0 Å². The molecule has 1 amide bonds. The number of carboxylic acid groups (broad SMARTS) is 1. The Hall–Kier alpha value is -1.92. The van der Waals surface area contributed by atoms with Gasteiger partial charge in [-0.1, -0.05) is 0 Å². The highest BCUT2D eigenvalue weighted by Crippen LogP contribution is 2.00. The minimum Gasteiger partial charge on any atom is -0.481 e. The molecule has 0 rings (SSSR count). The van der Waals surface area contributed by atoms with Gasteiger partial charge in [-0.2, -0.15) is 0 Å². The highest BCUT2D eigenvalue weighted by Gasteiger charge is 2.28. The lowest BCUT2D eigenvalue weighted by Crippen LogP contribution is -2.46. The summed E-state index contributed by atoms with van der Waals surface area (Å²) in [6.45, 7) is 2.78. The van der Waals surface area contributed by atoms with E-state index in [9.17, 15) is 19.2 Å². The van der Waals surface area contributed by atoms with Gasteiger partial charge in [0, 0.05) is 13.3 Å². The number of nitrogens with one attached hydrogen (secondary N) is 1. The van der Waals surface area contributed by atoms with Crippen LogP contribution in [0.3, 0.4) is 0 Å². The van der Waals surface area contributed by atoms with E-state index in [4.69, 9.17) is 5.11 Å². The SMILES string of the molecule is CCOC(=O)[13CH](NC(C)=O)[13C](=O)[13CH2][13CH2][13C](=O)O. The maximum atomic E-state index is 11.5. The molecule has 1 atom stereocenters. The Morgan fingerprint density at radius 3 is 2.24 bits per heavy atom. The molecule has 0 aliphatic heterocycles. The van der Waals surface area contributed by atoms with Gasteiger partial charge in [0.1, 0.15) is 0 Å². The lowest BCUT2D eigenvalue weighted by molar-refractivity contribution is -0.151. The molecule has 2 N–H and O–H groups in total. The van der Waals surface area contributed by atoms with E-state index in [-0.39, 0.29) is 13.0 Å². The zero-order valence-electron chi connectivity index (χ0n) is 9.69. The molecule has 0 heterocycles. The van der Waals surface area contributed by atoms with Crippen molar-refractivity contribution in [2.75, 3.05) is 6.61 Å². The molecule has 0 bridgehead atoms. The highest BCUT2D eigenvalue weighted by molar-refractivity contribution is 6.06. The molecule has 1 unspecified atom stereocenters. The summed E-state index contributed by atoms with van der Waals surface area (Å²) in [6, 6.07) is -1.42. The van der Waals surface area contributed by atoms with Crippen molar-refractivity contribution in [3.8, 4) is 0 Å². The smallest absolute Gasteiger partial charge is 0.336 e. The zero-order valence-corrected chi connectivity index (χ0v) is 9.69. The Labute approximate surface area is 98.1 Å². The number of esters is 1. The standard InChI is InChI=1S/C10H15NO6/c1-3-17-10(16)9(11-6(2)12)7(13)4-5-8(14)15/h9H,3-5H2,1-2H3,(H,11,12)(H,14,15)/i4+1,5+1,7+1,8+1,9+1. The number of hydrogen-bond acceptors (Lipinski definition) is 5. The largest absolute Gasteiger partial charge is 0.481 e. The minimum absolute atomic E-state index is 0.0706. The molecule has 0 spiro atoms. The van der Waals surface area contributed by atoms with E-state index in [1.54, 1.807) is 6.92 Å². The van der Waals surface area contributed by atoms with Gasteiger partial charge < -0.3 is 15.2 Å². The van der Waals surface area contributed by atoms with Crippen LogP contribution in [0.2, 0.25) is 0 Å². The fraction of sp³-hybridized carbons (Fsp3) is 0.600. The van der Waals surface area contributed by atoms with Crippen molar-refractivity contribution in [1.29, 1.82) is 0 Å². The van der Waals surface area contributed by atoms with Crippen LogP contribution < -0.4 is 5.32 Å². The number of carboxylic acids is 1. The number of amides is 1. The van der Waals surface area contributed by atoms with Crippen LogP contribution in [0, 0.1) is 0 Å². The van der Waals surface area contributed by atoms with Crippen LogP contribution in [0.15, 0.2) is 0 Å². The second-order valence-corrected chi connectivity index (χ2v) is 3.25. The fourth-order valence-electron chi connectivity index (χ4n) is 1.07. The van der Waals surface area contributed by atoms with Crippen LogP contribution in [-0.4, -0.2) is 41.4 Å². The van der Waals surface area contributed by atoms with Gasteiger partial charge in [-0.05, 0) is 6.92 Å². The van der Waals surface area contributed by atoms with Crippen molar-refractivity contribution in [3.05, 3.63) is 0 Å². The molecule has 0 saturated carbocycles. The Morgan fingerprint density at radius 1 is 1.24 bits per heavy atom. The Kier molecular flexibility index (Phi) is 6.54. The van der Waals surface area contributed by atoms with Crippen molar-refractivity contribution in [3.63, 3.8) is 0 Å². The predicted octanol–water partition coefficient (Wildman–Crippen LogP) is -0.512. The second-order valence-electron chi connectivity index (χ2n) is 3.25. The van der Waals surface area contributed by atoms with Gasteiger partial charge in [-0.25, -0.2) is 4.79 Å². The van der Waals surface area contributed by atoms with Gasteiger partial charge in [0.15, 0.2) is 11.8 Å². The minimum atomic E-state index is -1.42. The van der Waals surface area contributed by atoms with Gasteiger partial charge in [0.2, 0.25) is 5.91 Å². The molecule has 0 aliphatic carbocycles. The van der Waals surface area contributed by atoms with Gasteiger partial charge in [-0.3, -0.25) is 14.4 Å². The topological polar surface area (TPSA) is 110 Å². The molecule has 7 heteroatoms. The summed E-state index contributed by atoms with van der Waals surface area (Å²) in [7, 11) is 0. The summed E-state index contributed by atoms with van der Waals surface area (Å²) < 4.78 is 4.61. The third-order valence-electron chi connectivity index (χ3n) is 1.78. The number of ether oxygens (including phenoxy) is 1. The fourth-order valence-corrected chi connectivity index (χ4v) is 1.07. The van der Waals surface area contributed by atoms with Crippen molar-refractivity contribution in [1.82, 2.24) is 5.32 Å². The number of ketones is 1. The monoisotopic (exact) mass is 250 g/mol. The second kappa shape index (κ2) is 7.37. The summed E-state index contributed by atoms with van der Waals surface area (Å²) >= 11 is 0. The quantitative estimate of drug-likeness (QED) is 0.357. The van der Waals surface area contributed by atoms with E-state index >= 15 is 0 Å². The van der Waals surface area contributed by atoms with Gasteiger partial charge in [-0.15, -0.1) is 0 Å². The first-order valence-electron chi connectivity index (χ1n) is 5.06. The molecule has 0 radical (unpaired) electrons. The molecule has 0 aromatic carbocycles. The van der Waals surface area contributed by atoms with Crippen LogP contribution in [0.25, 0.3) is 0 Å². The normalized spacial score (nSPS) is 11.4. The van der Waals surface area contributed by atoms with E-state index < -0.39 is 36.1 Å². The number of carbonyl (C=O) groups is 4. The lowest BCUT2D eigenvalue weighted by atomic mass is 10.7. The number of aliphatic carboxylic acids is 1. The summed E-state index contributed by atoms with van der Waals surface area (Å²) in [5, 5.41) is 10.5. The van der Waals surface area contributed by atoms with Gasteiger partial charge in [0.25, 0.3) is 0 Å². The van der Waals surface area contributed by atoms with E-state index in [2.05, 4.69) is 10.1 Å². The Balaban J connectivity index is 4.55. The van der Waals surface area contributed by atoms with Crippen LogP contribution in [0.4, 0.5) is 0 Å². The van der Waals surface area contributed by atoms with E-state index in [1.165, 1.54) is 0 Å². The first-order valence-corrected chi connectivity index (χ1v) is 5.06. The average molecular weight is 250 g/mol. The van der Waals surface area contributed by atoms with Crippen molar-refractivity contribution >= 4 is 23.6 Å². The van der Waals surface area contributed by atoms with Crippen molar-refractivity contribution in [2.24, 2.45) is 0 Å². The molecule has 17 heavy (non-hydrogen) atoms. The molecule has 0 aromatic heterocycles. The lowest BCUT2D eigenvalue weighted by Gasteiger charge is -2.14. The zero-order chi connectivity index (χ0) is 13.4.